The third-order valence-electron chi connectivity index (χ3n) is 6.42. The molecule has 4 heterocycles. The van der Waals surface area contributed by atoms with Gasteiger partial charge in [-0.3, -0.25) is 15.4 Å². The molecule has 2 aliphatic heterocycles. The second-order valence-corrected chi connectivity index (χ2v) is 8.37. The van der Waals surface area contributed by atoms with Crippen molar-refractivity contribution in [2.75, 3.05) is 0 Å². The van der Waals surface area contributed by atoms with Crippen LogP contribution >= 0.6 is 0 Å². The lowest BCUT2D eigenvalue weighted by Crippen LogP contribution is -2.44. The molecule has 6 heteroatoms. The maximum atomic E-state index is 5.11. The maximum Gasteiger partial charge on any atom is 0.179 e. The normalized spacial score (nSPS) is 29.2. The largest absolute Gasteiger partial charge is 0.304 e. The molecule has 27 heavy (non-hydrogen) atoms. The zero-order valence-corrected chi connectivity index (χ0v) is 16.0. The fourth-order valence-electron chi connectivity index (χ4n) is 4.56. The lowest BCUT2D eigenvalue weighted by molar-refractivity contribution is 0.294. The van der Waals surface area contributed by atoms with Crippen LogP contribution in [0.1, 0.15) is 61.9 Å². The molecular weight excluding hydrogens is 336 g/mol. The molecule has 1 N–H and O–H groups in total. The molecular formula is C21H24N6. The minimum Gasteiger partial charge on any atom is -0.304 e. The second-order valence-electron chi connectivity index (χ2n) is 8.37. The summed E-state index contributed by atoms with van der Waals surface area (Å²) in [4.78, 5) is 14.5. The van der Waals surface area contributed by atoms with Gasteiger partial charge in [0.2, 0.25) is 0 Å². The van der Waals surface area contributed by atoms with Gasteiger partial charge < -0.3 is 4.40 Å². The van der Waals surface area contributed by atoms with Crippen LogP contribution in [0.15, 0.2) is 40.2 Å². The van der Waals surface area contributed by atoms with Gasteiger partial charge in [-0.15, -0.1) is 0 Å². The van der Waals surface area contributed by atoms with E-state index in [1.165, 1.54) is 35.4 Å². The summed E-state index contributed by atoms with van der Waals surface area (Å²) in [7, 11) is 0. The van der Waals surface area contributed by atoms with Crippen LogP contribution in [0.4, 0.5) is 0 Å². The summed E-state index contributed by atoms with van der Waals surface area (Å²) in [5.41, 5.74) is 10.8. The number of hydrogen-bond donors (Lipinski definition) is 1. The average Bonchev–Trinajstić information content (AvgIpc) is 3.59. The van der Waals surface area contributed by atoms with E-state index in [4.69, 9.17) is 9.98 Å². The Morgan fingerprint density at radius 1 is 1.15 bits per heavy atom. The van der Waals surface area contributed by atoms with Gasteiger partial charge in [-0.2, -0.15) is 0 Å². The number of aryl methyl sites for hydroxylation is 1. The topological polar surface area (TPSA) is 57.3 Å². The summed E-state index contributed by atoms with van der Waals surface area (Å²) in [5.74, 6) is 2.70. The first-order chi connectivity index (χ1) is 13.1. The first-order valence-electron chi connectivity index (χ1n) is 9.94. The van der Waals surface area contributed by atoms with Crippen LogP contribution in [0.25, 0.3) is 5.65 Å². The number of aliphatic imine (C=N–C) groups is 2. The monoisotopic (exact) mass is 360 g/mol. The van der Waals surface area contributed by atoms with Gasteiger partial charge in [0.05, 0.1) is 17.1 Å². The SMILES string of the molecule is CC1=CN=C(C)C2N=C(C3CC3c3nc4c(C5CC5)cccn4c3C)NN12. The van der Waals surface area contributed by atoms with E-state index < -0.39 is 0 Å². The van der Waals surface area contributed by atoms with Crippen molar-refractivity contribution in [1.82, 2.24) is 19.8 Å². The van der Waals surface area contributed by atoms with E-state index in [-0.39, 0.29) is 6.17 Å². The minimum absolute atomic E-state index is 0.00915. The van der Waals surface area contributed by atoms with Gasteiger partial charge in [-0.05, 0) is 57.6 Å². The van der Waals surface area contributed by atoms with E-state index in [2.05, 4.69) is 52.0 Å². The second kappa shape index (κ2) is 5.21. The van der Waals surface area contributed by atoms with Gasteiger partial charge in [0.1, 0.15) is 11.5 Å². The maximum absolute atomic E-state index is 5.11. The molecule has 0 amide bonds. The standard InChI is InChI=1S/C21H24N6/c1-11-10-22-12(2)20-24-19(25-27(11)20)17-9-16(17)18-13(3)26-8-4-5-15(14-6-7-14)21(26)23-18/h4-5,8,10,14,16-17,20H,6-7,9H2,1-3H3,(H,24,25). The molecule has 138 valence electrons. The zero-order chi connectivity index (χ0) is 18.3. The molecule has 0 aromatic carbocycles. The average molecular weight is 360 g/mol. The van der Waals surface area contributed by atoms with E-state index in [1.54, 1.807) is 0 Å². The van der Waals surface area contributed by atoms with Crippen LogP contribution < -0.4 is 5.43 Å². The number of allylic oxidation sites excluding steroid dienone is 1. The third kappa shape index (κ3) is 2.22. The van der Waals surface area contributed by atoms with Crippen LogP contribution in [-0.2, 0) is 0 Å². The van der Waals surface area contributed by atoms with Crippen LogP contribution in [0.3, 0.4) is 0 Å². The Kier molecular flexibility index (Phi) is 2.98. The van der Waals surface area contributed by atoms with Crippen LogP contribution in [-0.4, -0.2) is 32.1 Å². The van der Waals surface area contributed by atoms with E-state index >= 15 is 0 Å². The van der Waals surface area contributed by atoms with Crippen molar-refractivity contribution in [3.8, 4) is 0 Å². The molecule has 2 fully saturated rings. The van der Waals surface area contributed by atoms with E-state index in [0.717, 1.165) is 23.7 Å². The number of aromatic nitrogens is 2. The number of hydrazine groups is 1. The number of hydrogen-bond acceptors (Lipinski definition) is 5. The molecule has 0 saturated heterocycles. The number of fused-ring (bicyclic) bond motifs is 2. The lowest BCUT2D eigenvalue weighted by Gasteiger charge is -2.28. The molecule has 6 nitrogen and oxygen atoms in total. The lowest BCUT2D eigenvalue weighted by atomic mass is 10.2. The summed E-state index contributed by atoms with van der Waals surface area (Å²) < 4.78 is 2.29. The van der Waals surface area contributed by atoms with Crippen molar-refractivity contribution < 1.29 is 0 Å². The third-order valence-corrected chi connectivity index (χ3v) is 6.42. The summed E-state index contributed by atoms with van der Waals surface area (Å²) >= 11 is 0. The quantitative estimate of drug-likeness (QED) is 0.911. The Bertz CT molecular complexity index is 1050. The van der Waals surface area contributed by atoms with Crippen LogP contribution in [0, 0.1) is 12.8 Å². The molecule has 4 aliphatic rings. The summed E-state index contributed by atoms with van der Waals surface area (Å²) in [6.07, 6.45) is 7.80. The molecule has 2 saturated carbocycles. The highest BCUT2D eigenvalue weighted by Crippen LogP contribution is 2.50. The minimum atomic E-state index is 0.00915. The predicted octanol–water partition coefficient (Wildman–Crippen LogP) is 3.50. The van der Waals surface area contributed by atoms with Gasteiger partial charge in [-0.1, -0.05) is 6.07 Å². The highest BCUT2D eigenvalue weighted by molar-refractivity contribution is 5.96. The predicted molar refractivity (Wildman–Crippen MR) is 106 cm³/mol. The number of nitrogens with zero attached hydrogens (tertiary/aromatic N) is 5. The Hall–Kier alpha value is -2.63. The van der Waals surface area contributed by atoms with Crippen molar-refractivity contribution in [2.24, 2.45) is 15.9 Å². The van der Waals surface area contributed by atoms with Gasteiger partial charge in [0.15, 0.2) is 6.17 Å². The van der Waals surface area contributed by atoms with Crippen molar-refractivity contribution in [3.63, 3.8) is 0 Å². The zero-order valence-electron chi connectivity index (χ0n) is 16.0. The number of imidazole rings is 1. The summed E-state index contributed by atoms with van der Waals surface area (Å²) in [5, 5.41) is 2.13. The van der Waals surface area contributed by atoms with Crippen molar-refractivity contribution in [3.05, 3.63) is 47.2 Å². The van der Waals surface area contributed by atoms with Crippen molar-refractivity contribution in [2.45, 2.75) is 58.0 Å². The molecule has 2 aliphatic carbocycles. The van der Waals surface area contributed by atoms with E-state index in [9.17, 15) is 0 Å². The molecule has 3 unspecified atom stereocenters. The molecule has 0 spiro atoms. The van der Waals surface area contributed by atoms with Gasteiger partial charge in [-0.25, -0.2) is 9.98 Å². The van der Waals surface area contributed by atoms with E-state index in [0.29, 0.717) is 17.8 Å². The van der Waals surface area contributed by atoms with E-state index in [1.807, 2.05) is 13.1 Å². The van der Waals surface area contributed by atoms with Gasteiger partial charge in [0.25, 0.3) is 0 Å². The van der Waals surface area contributed by atoms with Gasteiger partial charge in [0, 0.05) is 29.9 Å². The van der Waals surface area contributed by atoms with Crippen molar-refractivity contribution in [1.29, 1.82) is 0 Å². The molecule has 2 aromatic heterocycles. The Labute approximate surface area is 158 Å². The molecule has 6 rings (SSSR count). The number of nitrogens with one attached hydrogen (secondary N) is 1. The highest BCUT2D eigenvalue weighted by atomic mass is 15.6. The number of rotatable bonds is 3. The Balaban J connectivity index is 1.31. The Morgan fingerprint density at radius 2 is 2.00 bits per heavy atom. The first kappa shape index (κ1) is 15.4. The van der Waals surface area contributed by atoms with Crippen LogP contribution in [0.5, 0.6) is 0 Å². The summed E-state index contributed by atoms with van der Waals surface area (Å²) in [6, 6.07) is 4.42. The molecule has 0 radical (unpaired) electrons. The highest BCUT2D eigenvalue weighted by Gasteiger charge is 2.48. The van der Waals surface area contributed by atoms with Crippen molar-refractivity contribution >= 4 is 17.2 Å². The number of amidine groups is 1. The fraction of sp³-hybridized carbons (Fsp3) is 0.476. The smallest absolute Gasteiger partial charge is 0.179 e. The molecule has 3 atom stereocenters. The molecule has 2 aromatic rings. The Morgan fingerprint density at radius 3 is 2.78 bits per heavy atom. The first-order valence-corrected chi connectivity index (χ1v) is 9.94. The molecule has 0 bridgehead atoms. The van der Waals surface area contributed by atoms with Gasteiger partial charge >= 0.3 is 0 Å². The number of pyridine rings is 1. The fourth-order valence-corrected chi connectivity index (χ4v) is 4.56. The van der Waals surface area contributed by atoms with Crippen LogP contribution in [0.2, 0.25) is 0 Å². The summed E-state index contributed by atoms with van der Waals surface area (Å²) in [6.45, 7) is 6.33.